The van der Waals surface area contributed by atoms with Gasteiger partial charge in [-0.15, -0.1) is 0 Å². The molecule has 0 atom stereocenters. The molecule has 0 radical (unpaired) electrons. The molecule has 0 bridgehead atoms. The van der Waals surface area contributed by atoms with E-state index in [0.717, 1.165) is 24.3 Å². The van der Waals surface area contributed by atoms with Crippen molar-refractivity contribution in [2.75, 3.05) is 18.0 Å². The molecular weight excluding hydrogens is 176 g/mol. The first-order valence-corrected chi connectivity index (χ1v) is 4.68. The van der Waals surface area contributed by atoms with Crippen molar-refractivity contribution in [3.05, 3.63) is 29.8 Å². The van der Waals surface area contributed by atoms with Crippen LogP contribution in [0.1, 0.15) is 5.56 Å². The predicted octanol–water partition coefficient (Wildman–Crippen LogP) is 0.280. The topological polar surface area (TPSA) is 67.6 Å². The molecule has 1 heterocycles. The van der Waals surface area contributed by atoms with Crippen LogP contribution >= 0.6 is 0 Å². The molecule has 74 valence electrons. The van der Waals surface area contributed by atoms with Crippen molar-refractivity contribution >= 4 is 11.6 Å². The van der Waals surface area contributed by atoms with Gasteiger partial charge in [-0.05, 0) is 17.7 Å². The van der Waals surface area contributed by atoms with Crippen LogP contribution in [0.2, 0.25) is 0 Å². The maximum Gasteiger partial charge on any atom is 0.195 e. The van der Waals surface area contributed by atoms with Gasteiger partial charge in [0, 0.05) is 18.8 Å². The highest BCUT2D eigenvalue weighted by atomic mass is 15.3. The van der Waals surface area contributed by atoms with Crippen LogP contribution in [-0.2, 0) is 6.54 Å². The molecule has 0 unspecified atom stereocenters. The Labute approximate surface area is 83.2 Å². The van der Waals surface area contributed by atoms with Crippen LogP contribution in [0.15, 0.2) is 29.3 Å². The number of hydrogen-bond acceptors (Lipinski definition) is 4. The van der Waals surface area contributed by atoms with E-state index in [2.05, 4.69) is 4.99 Å². The lowest BCUT2D eigenvalue weighted by Gasteiger charge is -2.17. The third-order valence-electron chi connectivity index (χ3n) is 2.36. The minimum absolute atomic E-state index is 0.573. The molecule has 2 rings (SSSR count). The molecule has 14 heavy (non-hydrogen) atoms. The largest absolute Gasteiger partial charge is 0.370 e. The molecule has 0 aliphatic carbocycles. The number of nitrogens with zero attached hydrogens (tertiary/aromatic N) is 2. The van der Waals surface area contributed by atoms with Gasteiger partial charge in [0.25, 0.3) is 0 Å². The summed E-state index contributed by atoms with van der Waals surface area (Å²) in [6.45, 7) is 2.22. The van der Waals surface area contributed by atoms with Crippen molar-refractivity contribution in [3.8, 4) is 0 Å². The minimum Gasteiger partial charge on any atom is -0.370 e. The maximum atomic E-state index is 5.73. The Morgan fingerprint density at radius 3 is 2.50 bits per heavy atom. The molecule has 0 spiro atoms. The van der Waals surface area contributed by atoms with E-state index in [-0.39, 0.29) is 0 Å². The molecule has 1 aromatic carbocycles. The molecule has 4 heteroatoms. The lowest BCUT2D eigenvalue weighted by Crippen LogP contribution is -2.33. The van der Waals surface area contributed by atoms with Gasteiger partial charge >= 0.3 is 0 Å². The lowest BCUT2D eigenvalue weighted by molar-refractivity contribution is 1.02. The third-order valence-corrected chi connectivity index (χ3v) is 2.36. The van der Waals surface area contributed by atoms with E-state index in [0.29, 0.717) is 12.5 Å². The van der Waals surface area contributed by atoms with Gasteiger partial charge in [-0.1, -0.05) is 12.1 Å². The van der Waals surface area contributed by atoms with Crippen molar-refractivity contribution in [1.29, 1.82) is 0 Å². The van der Waals surface area contributed by atoms with Gasteiger partial charge in [-0.25, -0.2) is 0 Å². The van der Waals surface area contributed by atoms with E-state index >= 15 is 0 Å². The van der Waals surface area contributed by atoms with E-state index in [1.807, 2.05) is 29.2 Å². The van der Waals surface area contributed by atoms with Gasteiger partial charge in [-0.2, -0.15) is 0 Å². The highest BCUT2D eigenvalue weighted by molar-refractivity contribution is 5.96. The zero-order valence-electron chi connectivity index (χ0n) is 7.98. The summed E-state index contributed by atoms with van der Waals surface area (Å²) in [4.78, 5) is 6.13. The summed E-state index contributed by atoms with van der Waals surface area (Å²) < 4.78 is 0. The second-order valence-corrected chi connectivity index (χ2v) is 3.26. The second-order valence-electron chi connectivity index (χ2n) is 3.26. The van der Waals surface area contributed by atoms with Crippen LogP contribution in [0.5, 0.6) is 0 Å². The van der Waals surface area contributed by atoms with Crippen molar-refractivity contribution in [1.82, 2.24) is 0 Å². The molecule has 4 nitrogen and oxygen atoms in total. The Balaban J connectivity index is 2.21. The van der Waals surface area contributed by atoms with Gasteiger partial charge < -0.3 is 16.4 Å². The summed E-state index contributed by atoms with van der Waals surface area (Å²) in [5.74, 6) is 0.602. The first kappa shape index (κ1) is 9.02. The maximum absolute atomic E-state index is 5.73. The summed E-state index contributed by atoms with van der Waals surface area (Å²) in [7, 11) is 0. The van der Waals surface area contributed by atoms with Crippen LogP contribution in [0.4, 0.5) is 5.69 Å². The van der Waals surface area contributed by atoms with E-state index in [1.165, 1.54) is 0 Å². The van der Waals surface area contributed by atoms with Crippen molar-refractivity contribution in [2.24, 2.45) is 16.5 Å². The number of guanidine groups is 1. The first-order valence-electron chi connectivity index (χ1n) is 4.68. The SMILES string of the molecule is NCc1ccc(N2CCN=C2N)cc1. The number of rotatable bonds is 2. The predicted molar refractivity (Wildman–Crippen MR) is 58.2 cm³/mol. The van der Waals surface area contributed by atoms with Crippen molar-refractivity contribution in [2.45, 2.75) is 6.54 Å². The van der Waals surface area contributed by atoms with Gasteiger partial charge in [0.05, 0.1) is 6.54 Å². The molecule has 0 fully saturated rings. The molecule has 1 aromatic rings. The fourth-order valence-electron chi connectivity index (χ4n) is 1.54. The Morgan fingerprint density at radius 1 is 1.29 bits per heavy atom. The average molecular weight is 190 g/mol. The fourth-order valence-corrected chi connectivity index (χ4v) is 1.54. The Morgan fingerprint density at radius 2 is 2.00 bits per heavy atom. The minimum atomic E-state index is 0.573. The summed E-state index contributed by atoms with van der Waals surface area (Å²) in [5, 5.41) is 0. The van der Waals surface area contributed by atoms with Crippen LogP contribution in [0, 0.1) is 0 Å². The molecule has 4 N–H and O–H groups in total. The molecule has 0 saturated heterocycles. The van der Waals surface area contributed by atoms with Crippen LogP contribution in [0.3, 0.4) is 0 Å². The molecule has 0 amide bonds. The van der Waals surface area contributed by atoms with E-state index < -0.39 is 0 Å². The van der Waals surface area contributed by atoms with E-state index in [4.69, 9.17) is 11.5 Å². The third kappa shape index (κ3) is 1.56. The number of anilines is 1. The molecule has 0 aromatic heterocycles. The molecule has 1 aliphatic heterocycles. The molecular formula is C10H14N4. The van der Waals surface area contributed by atoms with Crippen LogP contribution < -0.4 is 16.4 Å². The molecule has 1 aliphatic rings. The van der Waals surface area contributed by atoms with Crippen LogP contribution in [-0.4, -0.2) is 19.0 Å². The Bertz CT molecular complexity index is 342. The summed E-state index contributed by atoms with van der Waals surface area (Å²) in [5.41, 5.74) is 13.5. The quantitative estimate of drug-likeness (QED) is 0.704. The highest BCUT2D eigenvalue weighted by Crippen LogP contribution is 2.16. The first-order chi connectivity index (χ1) is 6.81. The zero-order chi connectivity index (χ0) is 9.97. The lowest BCUT2D eigenvalue weighted by atomic mass is 10.2. The number of nitrogens with two attached hydrogens (primary N) is 2. The summed E-state index contributed by atoms with van der Waals surface area (Å²) in [6.07, 6.45) is 0. The number of hydrogen-bond donors (Lipinski definition) is 2. The standard InChI is InChI=1S/C10H14N4/c11-7-8-1-3-9(4-2-8)14-6-5-13-10(14)12/h1-4H,5-7,11H2,(H2,12,13). The molecule has 0 saturated carbocycles. The van der Waals surface area contributed by atoms with E-state index in [1.54, 1.807) is 0 Å². The number of benzene rings is 1. The zero-order valence-corrected chi connectivity index (χ0v) is 7.98. The highest BCUT2D eigenvalue weighted by Gasteiger charge is 2.14. The normalized spacial score (nSPS) is 15.8. The average Bonchev–Trinajstić information content (AvgIpc) is 2.65. The monoisotopic (exact) mass is 190 g/mol. The Hall–Kier alpha value is -1.55. The van der Waals surface area contributed by atoms with Gasteiger partial charge in [0.15, 0.2) is 5.96 Å². The van der Waals surface area contributed by atoms with Gasteiger partial charge in [0.2, 0.25) is 0 Å². The van der Waals surface area contributed by atoms with Crippen molar-refractivity contribution in [3.63, 3.8) is 0 Å². The van der Waals surface area contributed by atoms with Gasteiger partial charge in [0.1, 0.15) is 0 Å². The van der Waals surface area contributed by atoms with E-state index in [9.17, 15) is 0 Å². The van der Waals surface area contributed by atoms with Gasteiger partial charge in [-0.3, -0.25) is 4.99 Å². The summed E-state index contributed by atoms with van der Waals surface area (Å²) >= 11 is 0. The van der Waals surface area contributed by atoms with Crippen LogP contribution in [0.25, 0.3) is 0 Å². The second kappa shape index (κ2) is 3.67. The number of aliphatic imine (C=N–C) groups is 1. The smallest absolute Gasteiger partial charge is 0.195 e. The fraction of sp³-hybridized carbons (Fsp3) is 0.300. The summed E-state index contributed by atoms with van der Waals surface area (Å²) in [6, 6.07) is 8.08. The van der Waals surface area contributed by atoms with Crippen molar-refractivity contribution < 1.29 is 0 Å². The Kier molecular flexibility index (Phi) is 2.37.